The van der Waals surface area contributed by atoms with E-state index < -0.39 is 0 Å². The summed E-state index contributed by atoms with van der Waals surface area (Å²) in [5.41, 5.74) is 5.81. The van der Waals surface area contributed by atoms with Crippen molar-refractivity contribution in [2.75, 3.05) is 40.0 Å². The van der Waals surface area contributed by atoms with Gasteiger partial charge in [0.25, 0.3) is 0 Å². The Bertz CT molecular complexity index is 195. The van der Waals surface area contributed by atoms with Crippen LogP contribution in [0.15, 0.2) is 0 Å². The first-order chi connectivity index (χ1) is 7.66. The van der Waals surface area contributed by atoms with E-state index in [0.717, 1.165) is 19.7 Å². The summed E-state index contributed by atoms with van der Waals surface area (Å²) in [6.45, 7) is 8.47. The number of hydrogen-bond acceptors (Lipinski definition) is 4. The fraction of sp³-hybridized carbons (Fsp3) is 1.00. The molecule has 1 aliphatic heterocycles. The number of likely N-dealkylation sites (N-methyl/N-ethyl adjacent to an activating group) is 1. The molecule has 0 aliphatic carbocycles. The second-order valence-corrected chi connectivity index (χ2v) is 4.81. The summed E-state index contributed by atoms with van der Waals surface area (Å²) in [6, 6.07) is 0. The SMILES string of the molecule is CCN(CC1CCCO1)C(C)(CN)COC. The molecule has 0 saturated carbocycles. The van der Waals surface area contributed by atoms with Gasteiger partial charge in [-0.05, 0) is 26.3 Å². The van der Waals surface area contributed by atoms with Crippen LogP contribution in [-0.2, 0) is 9.47 Å². The molecule has 1 heterocycles. The minimum Gasteiger partial charge on any atom is -0.383 e. The summed E-state index contributed by atoms with van der Waals surface area (Å²) in [7, 11) is 1.73. The Labute approximate surface area is 99.1 Å². The fourth-order valence-corrected chi connectivity index (χ4v) is 2.36. The molecule has 96 valence electrons. The summed E-state index contributed by atoms with van der Waals surface area (Å²) in [4.78, 5) is 2.38. The van der Waals surface area contributed by atoms with Crippen LogP contribution in [0, 0.1) is 0 Å². The van der Waals surface area contributed by atoms with Gasteiger partial charge in [0, 0.05) is 26.8 Å². The van der Waals surface area contributed by atoms with Gasteiger partial charge in [-0.25, -0.2) is 0 Å². The zero-order chi connectivity index (χ0) is 12.0. The third-order valence-corrected chi connectivity index (χ3v) is 3.49. The second-order valence-electron chi connectivity index (χ2n) is 4.81. The van der Waals surface area contributed by atoms with E-state index in [9.17, 15) is 0 Å². The predicted octanol–water partition coefficient (Wildman–Crippen LogP) is 0.851. The molecule has 0 bridgehead atoms. The molecule has 0 aromatic carbocycles. The lowest BCUT2D eigenvalue weighted by molar-refractivity contribution is -0.00581. The maximum atomic E-state index is 5.88. The molecule has 1 fully saturated rings. The Hall–Kier alpha value is -0.160. The van der Waals surface area contributed by atoms with Gasteiger partial charge in [0.15, 0.2) is 0 Å². The van der Waals surface area contributed by atoms with E-state index in [0.29, 0.717) is 19.3 Å². The summed E-state index contributed by atoms with van der Waals surface area (Å²) < 4.78 is 11.0. The average molecular weight is 230 g/mol. The Morgan fingerprint density at radius 1 is 1.56 bits per heavy atom. The highest BCUT2D eigenvalue weighted by Crippen LogP contribution is 2.19. The van der Waals surface area contributed by atoms with Crippen molar-refractivity contribution in [2.24, 2.45) is 5.73 Å². The van der Waals surface area contributed by atoms with Crippen molar-refractivity contribution in [3.05, 3.63) is 0 Å². The minimum absolute atomic E-state index is 0.0740. The van der Waals surface area contributed by atoms with Crippen molar-refractivity contribution in [1.82, 2.24) is 4.90 Å². The van der Waals surface area contributed by atoms with Gasteiger partial charge in [-0.3, -0.25) is 4.90 Å². The summed E-state index contributed by atoms with van der Waals surface area (Å²) >= 11 is 0. The van der Waals surface area contributed by atoms with Crippen LogP contribution < -0.4 is 5.73 Å². The van der Waals surface area contributed by atoms with Crippen LogP contribution >= 0.6 is 0 Å². The van der Waals surface area contributed by atoms with E-state index in [2.05, 4.69) is 18.7 Å². The first kappa shape index (κ1) is 13.9. The molecule has 1 rings (SSSR count). The molecule has 16 heavy (non-hydrogen) atoms. The van der Waals surface area contributed by atoms with Gasteiger partial charge < -0.3 is 15.2 Å². The number of nitrogens with zero attached hydrogens (tertiary/aromatic N) is 1. The van der Waals surface area contributed by atoms with Crippen LogP contribution in [0.1, 0.15) is 26.7 Å². The minimum atomic E-state index is -0.0740. The zero-order valence-corrected chi connectivity index (χ0v) is 10.9. The molecule has 0 spiro atoms. The van der Waals surface area contributed by atoms with E-state index in [-0.39, 0.29) is 5.54 Å². The molecule has 0 aromatic heterocycles. The van der Waals surface area contributed by atoms with E-state index in [1.54, 1.807) is 7.11 Å². The van der Waals surface area contributed by atoms with Crippen LogP contribution in [0.3, 0.4) is 0 Å². The van der Waals surface area contributed by atoms with Crippen molar-refractivity contribution >= 4 is 0 Å². The van der Waals surface area contributed by atoms with E-state index in [1.165, 1.54) is 12.8 Å². The Morgan fingerprint density at radius 3 is 2.75 bits per heavy atom. The number of hydrogen-bond donors (Lipinski definition) is 1. The molecule has 4 nitrogen and oxygen atoms in total. The highest BCUT2D eigenvalue weighted by Gasteiger charge is 2.32. The molecule has 0 aromatic rings. The molecule has 2 atom stereocenters. The summed E-state index contributed by atoms with van der Waals surface area (Å²) in [5, 5.41) is 0. The van der Waals surface area contributed by atoms with Gasteiger partial charge in [-0.15, -0.1) is 0 Å². The maximum absolute atomic E-state index is 5.88. The smallest absolute Gasteiger partial charge is 0.0703 e. The molecule has 2 N–H and O–H groups in total. The molecule has 2 unspecified atom stereocenters. The van der Waals surface area contributed by atoms with Crippen LogP contribution in [0.25, 0.3) is 0 Å². The van der Waals surface area contributed by atoms with Gasteiger partial charge >= 0.3 is 0 Å². The molecular formula is C12H26N2O2. The predicted molar refractivity (Wildman–Crippen MR) is 65.6 cm³/mol. The fourth-order valence-electron chi connectivity index (χ4n) is 2.36. The van der Waals surface area contributed by atoms with Gasteiger partial charge in [0.2, 0.25) is 0 Å². The first-order valence-electron chi connectivity index (χ1n) is 6.22. The van der Waals surface area contributed by atoms with Gasteiger partial charge in [0.1, 0.15) is 0 Å². The zero-order valence-electron chi connectivity index (χ0n) is 10.9. The Morgan fingerprint density at radius 2 is 2.31 bits per heavy atom. The van der Waals surface area contributed by atoms with Crippen LogP contribution in [0.5, 0.6) is 0 Å². The second kappa shape index (κ2) is 6.55. The lowest BCUT2D eigenvalue weighted by atomic mass is 10.00. The highest BCUT2D eigenvalue weighted by molar-refractivity contribution is 4.88. The maximum Gasteiger partial charge on any atom is 0.0703 e. The third kappa shape index (κ3) is 3.42. The Kier molecular flexibility index (Phi) is 5.69. The van der Waals surface area contributed by atoms with Crippen molar-refractivity contribution in [2.45, 2.75) is 38.3 Å². The molecule has 1 saturated heterocycles. The first-order valence-corrected chi connectivity index (χ1v) is 6.22. The van der Waals surface area contributed by atoms with E-state index in [4.69, 9.17) is 15.2 Å². The van der Waals surface area contributed by atoms with Crippen molar-refractivity contribution in [3.63, 3.8) is 0 Å². The van der Waals surface area contributed by atoms with E-state index in [1.807, 2.05) is 0 Å². The summed E-state index contributed by atoms with van der Waals surface area (Å²) in [6.07, 6.45) is 2.73. The van der Waals surface area contributed by atoms with Crippen LogP contribution in [-0.4, -0.2) is 56.5 Å². The van der Waals surface area contributed by atoms with Crippen molar-refractivity contribution in [1.29, 1.82) is 0 Å². The van der Waals surface area contributed by atoms with Crippen molar-refractivity contribution < 1.29 is 9.47 Å². The molecule has 0 amide bonds. The lowest BCUT2D eigenvalue weighted by Crippen LogP contribution is -2.56. The molecule has 1 aliphatic rings. The monoisotopic (exact) mass is 230 g/mol. The highest BCUT2D eigenvalue weighted by atomic mass is 16.5. The topological polar surface area (TPSA) is 47.7 Å². The third-order valence-electron chi connectivity index (χ3n) is 3.49. The average Bonchev–Trinajstić information content (AvgIpc) is 2.78. The largest absolute Gasteiger partial charge is 0.383 e. The molecular weight excluding hydrogens is 204 g/mol. The molecule has 0 radical (unpaired) electrons. The molecule has 4 heteroatoms. The number of methoxy groups -OCH3 is 1. The number of nitrogens with two attached hydrogens (primary N) is 1. The standard InChI is InChI=1S/C12H26N2O2/c1-4-14(8-11-6-5-7-16-11)12(2,9-13)10-15-3/h11H,4-10,13H2,1-3H3. The number of rotatable bonds is 7. The van der Waals surface area contributed by atoms with Crippen LogP contribution in [0.4, 0.5) is 0 Å². The quantitative estimate of drug-likeness (QED) is 0.704. The normalized spacial score (nSPS) is 24.9. The lowest BCUT2D eigenvalue weighted by Gasteiger charge is -2.40. The van der Waals surface area contributed by atoms with Gasteiger partial charge in [0.05, 0.1) is 18.2 Å². The van der Waals surface area contributed by atoms with Gasteiger partial charge in [-0.2, -0.15) is 0 Å². The van der Waals surface area contributed by atoms with E-state index >= 15 is 0 Å². The van der Waals surface area contributed by atoms with Gasteiger partial charge in [-0.1, -0.05) is 6.92 Å². The Balaban J connectivity index is 2.55. The number of ether oxygens (including phenoxy) is 2. The van der Waals surface area contributed by atoms with Crippen molar-refractivity contribution in [3.8, 4) is 0 Å². The summed E-state index contributed by atoms with van der Waals surface area (Å²) in [5.74, 6) is 0. The van der Waals surface area contributed by atoms with Crippen LogP contribution in [0.2, 0.25) is 0 Å².